The topological polar surface area (TPSA) is 98.0 Å². The molecule has 0 aliphatic carbocycles. The molecule has 0 unspecified atom stereocenters. The number of pyridine rings is 1. The summed E-state index contributed by atoms with van der Waals surface area (Å²) in [5.41, 5.74) is 7.22. The van der Waals surface area contributed by atoms with Gasteiger partial charge in [0.15, 0.2) is 0 Å². The molecule has 0 fully saturated rings. The van der Waals surface area contributed by atoms with E-state index in [0.717, 1.165) is 55.8 Å². The summed E-state index contributed by atoms with van der Waals surface area (Å²) >= 11 is 0. The minimum atomic E-state index is -0.122. The molecule has 0 radical (unpaired) electrons. The molecule has 0 aliphatic heterocycles. The number of benzene rings is 1. The molecule has 0 saturated carbocycles. The van der Waals surface area contributed by atoms with Gasteiger partial charge in [-0.05, 0) is 49.7 Å². The number of aromatic nitrogens is 4. The summed E-state index contributed by atoms with van der Waals surface area (Å²) < 4.78 is 12.5. The number of ether oxygens (including phenoxy) is 1. The molecule has 2 N–H and O–H groups in total. The van der Waals surface area contributed by atoms with Crippen molar-refractivity contribution in [1.29, 1.82) is 0 Å². The van der Waals surface area contributed by atoms with Crippen LogP contribution in [-0.2, 0) is 11.8 Å². The molecule has 8 nitrogen and oxygen atoms in total. The third-order valence-corrected chi connectivity index (χ3v) is 5.97. The van der Waals surface area contributed by atoms with Crippen LogP contribution in [0.5, 0.6) is 0 Å². The molecule has 0 atom stereocenters. The Morgan fingerprint density at radius 1 is 1.18 bits per heavy atom. The molecule has 8 heteroatoms. The SMILES string of the molecule is COCCNC(=O)c1ccc2c(c1)c(-c1cc3c(-c4c(C)noc4C)ccnc3[nH]1)cn2C. The maximum absolute atomic E-state index is 12.6. The van der Waals surface area contributed by atoms with E-state index in [4.69, 9.17) is 9.26 Å². The Morgan fingerprint density at radius 3 is 2.79 bits per heavy atom. The highest BCUT2D eigenvalue weighted by molar-refractivity contribution is 6.04. The number of H-pyrrole nitrogens is 1. The monoisotopic (exact) mass is 443 g/mol. The highest BCUT2D eigenvalue weighted by atomic mass is 16.5. The smallest absolute Gasteiger partial charge is 0.251 e. The number of nitrogens with zero attached hydrogens (tertiary/aromatic N) is 3. The number of hydrogen-bond donors (Lipinski definition) is 2. The number of aryl methyl sites for hydroxylation is 3. The maximum atomic E-state index is 12.6. The van der Waals surface area contributed by atoms with Gasteiger partial charge in [0.05, 0.1) is 12.3 Å². The van der Waals surface area contributed by atoms with Crippen LogP contribution in [0, 0.1) is 13.8 Å². The van der Waals surface area contributed by atoms with Gasteiger partial charge in [-0.15, -0.1) is 0 Å². The Bertz CT molecular complexity index is 1470. The predicted molar refractivity (Wildman–Crippen MR) is 127 cm³/mol. The number of nitrogens with one attached hydrogen (secondary N) is 2. The first-order valence-corrected chi connectivity index (χ1v) is 10.8. The number of amides is 1. The first-order chi connectivity index (χ1) is 16.0. The minimum Gasteiger partial charge on any atom is -0.383 e. The van der Waals surface area contributed by atoms with Crippen molar-refractivity contribution in [3.63, 3.8) is 0 Å². The number of fused-ring (bicyclic) bond motifs is 2. The van der Waals surface area contributed by atoms with E-state index in [2.05, 4.69) is 37.3 Å². The number of rotatable bonds is 6. The predicted octanol–water partition coefficient (Wildman–Crippen LogP) is 4.37. The Hall–Kier alpha value is -3.91. The number of carbonyl (C=O) groups excluding carboxylic acids is 1. The Morgan fingerprint density at radius 2 is 2.03 bits per heavy atom. The molecule has 1 aromatic carbocycles. The third kappa shape index (κ3) is 3.58. The van der Waals surface area contributed by atoms with Gasteiger partial charge in [-0.3, -0.25) is 4.79 Å². The van der Waals surface area contributed by atoms with Crippen LogP contribution in [0.3, 0.4) is 0 Å². The molecular formula is C25H25N5O3. The number of hydrogen-bond acceptors (Lipinski definition) is 5. The summed E-state index contributed by atoms with van der Waals surface area (Å²) in [5.74, 6) is 0.653. The molecule has 168 valence electrons. The number of aromatic amines is 1. The standard InChI is InChI=1S/C25H25N5O3/c1-14-23(15(2)33-29-14)17-7-8-26-24-19(17)12-21(28-24)20-13-30(3)22-6-5-16(11-18(20)22)25(31)27-9-10-32-4/h5-8,11-13H,9-10H2,1-4H3,(H,26,28)(H,27,31). The molecule has 0 aliphatic rings. The Labute approximate surface area is 190 Å². The van der Waals surface area contributed by atoms with E-state index in [0.29, 0.717) is 18.7 Å². The van der Waals surface area contributed by atoms with Gasteiger partial charge in [0, 0.05) is 71.8 Å². The molecule has 33 heavy (non-hydrogen) atoms. The van der Waals surface area contributed by atoms with E-state index in [1.54, 1.807) is 13.3 Å². The molecule has 5 aromatic rings. The number of methoxy groups -OCH3 is 1. The average Bonchev–Trinajstić information content (AvgIpc) is 3.48. The summed E-state index contributed by atoms with van der Waals surface area (Å²) in [6, 6.07) is 9.83. The van der Waals surface area contributed by atoms with Gasteiger partial charge in [-0.1, -0.05) is 5.16 Å². The molecule has 4 heterocycles. The Kier molecular flexibility index (Phi) is 5.22. The van der Waals surface area contributed by atoms with Crippen molar-refractivity contribution in [1.82, 2.24) is 25.0 Å². The second kappa shape index (κ2) is 8.22. The lowest BCUT2D eigenvalue weighted by Gasteiger charge is -2.05. The lowest BCUT2D eigenvalue weighted by molar-refractivity contribution is 0.0937. The third-order valence-electron chi connectivity index (χ3n) is 5.97. The second-order valence-electron chi connectivity index (χ2n) is 8.14. The van der Waals surface area contributed by atoms with E-state index < -0.39 is 0 Å². The van der Waals surface area contributed by atoms with E-state index in [1.807, 2.05) is 45.2 Å². The van der Waals surface area contributed by atoms with Gasteiger partial charge < -0.3 is 24.1 Å². The fourth-order valence-corrected chi connectivity index (χ4v) is 4.37. The van der Waals surface area contributed by atoms with E-state index in [-0.39, 0.29) is 5.91 Å². The summed E-state index contributed by atoms with van der Waals surface area (Å²) in [5, 5.41) is 8.97. The van der Waals surface area contributed by atoms with Crippen molar-refractivity contribution in [2.24, 2.45) is 7.05 Å². The van der Waals surface area contributed by atoms with Gasteiger partial charge in [0.25, 0.3) is 5.91 Å². The van der Waals surface area contributed by atoms with Crippen molar-refractivity contribution >= 4 is 27.8 Å². The van der Waals surface area contributed by atoms with Crippen LogP contribution < -0.4 is 5.32 Å². The second-order valence-corrected chi connectivity index (χ2v) is 8.14. The van der Waals surface area contributed by atoms with Crippen LogP contribution in [0.4, 0.5) is 0 Å². The largest absolute Gasteiger partial charge is 0.383 e. The molecule has 5 rings (SSSR count). The van der Waals surface area contributed by atoms with Crippen LogP contribution in [0.1, 0.15) is 21.8 Å². The molecule has 0 saturated heterocycles. The van der Waals surface area contributed by atoms with Crippen LogP contribution in [0.15, 0.2) is 47.2 Å². The van der Waals surface area contributed by atoms with E-state index in [1.165, 1.54) is 0 Å². The normalized spacial score (nSPS) is 11.5. The van der Waals surface area contributed by atoms with Crippen molar-refractivity contribution in [2.45, 2.75) is 13.8 Å². The molecule has 1 amide bonds. The quantitative estimate of drug-likeness (QED) is 0.380. The first kappa shape index (κ1) is 21.0. The van der Waals surface area contributed by atoms with Gasteiger partial charge in [0.2, 0.25) is 0 Å². The first-order valence-electron chi connectivity index (χ1n) is 10.8. The van der Waals surface area contributed by atoms with E-state index in [9.17, 15) is 4.79 Å². The van der Waals surface area contributed by atoms with Gasteiger partial charge in [0.1, 0.15) is 11.4 Å². The van der Waals surface area contributed by atoms with Crippen molar-refractivity contribution in [3.8, 4) is 22.4 Å². The van der Waals surface area contributed by atoms with Gasteiger partial charge in [-0.25, -0.2) is 4.98 Å². The average molecular weight is 444 g/mol. The van der Waals surface area contributed by atoms with Crippen molar-refractivity contribution < 1.29 is 14.1 Å². The molecule has 4 aromatic heterocycles. The summed E-state index contributed by atoms with van der Waals surface area (Å²) in [6.45, 7) is 4.79. The van der Waals surface area contributed by atoms with Crippen LogP contribution in [0.2, 0.25) is 0 Å². The van der Waals surface area contributed by atoms with Crippen LogP contribution in [0.25, 0.3) is 44.3 Å². The molecule has 0 spiro atoms. The minimum absolute atomic E-state index is 0.122. The lowest BCUT2D eigenvalue weighted by Crippen LogP contribution is -2.26. The van der Waals surface area contributed by atoms with Crippen LogP contribution in [-0.4, -0.2) is 45.9 Å². The van der Waals surface area contributed by atoms with Gasteiger partial charge >= 0.3 is 0 Å². The number of carbonyl (C=O) groups is 1. The highest BCUT2D eigenvalue weighted by Crippen LogP contribution is 2.37. The fourth-order valence-electron chi connectivity index (χ4n) is 4.37. The Balaban J connectivity index is 1.62. The summed E-state index contributed by atoms with van der Waals surface area (Å²) in [6.07, 6.45) is 3.85. The molecular weight excluding hydrogens is 418 g/mol. The van der Waals surface area contributed by atoms with Crippen molar-refractivity contribution in [2.75, 3.05) is 20.3 Å². The fraction of sp³-hybridized carbons (Fsp3) is 0.240. The van der Waals surface area contributed by atoms with Crippen LogP contribution >= 0.6 is 0 Å². The maximum Gasteiger partial charge on any atom is 0.251 e. The summed E-state index contributed by atoms with van der Waals surface area (Å²) in [7, 11) is 3.61. The molecule has 0 bridgehead atoms. The zero-order valence-electron chi connectivity index (χ0n) is 19.0. The lowest BCUT2D eigenvalue weighted by atomic mass is 10.0. The highest BCUT2D eigenvalue weighted by Gasteiger charge is 2.18. The van der Waals surface area contributed by atoms with Crippen molar-refractivity contribution in [3.05, 3.63) is 59.7 Å². The zero-order chi connectivity index (χ0) is 23.1. The zero-order valence-corrected chi connectivity index (χ0v) is 19.0. The van der Waals surface area contributed by atoms with Gasteiger partial charge in [-0.2, -0.15) is 0 Å². The summed E-state index contributed by atoms with van der Waals surface area (Å²) in [4.78, 5) is 20.6. The van der Waals surface area contributed by atoms with E-state index >= 15 is 0 Å².